The molecule has 0 saturated carbocycles. The molecule has 88 valence electrons. The van der Waals surface area contributed by atoms with Crippen molar-refractivity contribution in [3.05, 3.63) is 28.3 Å². The number of carbonyl (C=O) groups excluding carboxylic acids is 1. The van der Waals surface area contributed by atoms with Crippen LogP contribution in [0.1, 0.15) is 16.8 Å². The lowest BCUT2D eigenvalue weighted by molar-refractivity contribution is 0.0977. The highest BCUT2D eigenvalue weighted by Crippen LogP contribution is 2.31. The Morgan fingerprint density at radius 2 is 2.19 bits per heavy atom. The molecule has 0 bridgehead atoms. The second kappa shape index (κ2) is 5.23. The zero-order valence-corrected chi connectivity index (χ0v) is 9.28. The van der Waals surface area contributed by atoms with E-state index in [0.717, 1.165) is 13.2 Å². The summed E-state index contributed by atoms with van der Waals surface area (Å²) in [4.78, 5) is 11.5. The molecular formula is C10H10ClF2NO2. The molecule has 2 N–H and O–H groups in total. The lowest BCUT2D eigenvalue weighted by atomic mass is 10.1. The van der Waals surface area contributed by atoms with E-state index in [0.29, 0.717) is 0 Å². The topological polar surface area (TPSA) is 52.3 Å². The zero-order chi connectivity index (χ0) is 12.3. The molecule has 0 aromatic heterocycles. The number of hydrogen-bond donors (Lipinski definition) is 1. The van der Waals surface area contributed by atoms with E-state index in [2.05, 4.69) is 4.74 Å². The molecule has 0 saturated heterocycles. The van der Waals surface area contributed by atoms with E-state index >= 15 is 0 Å². The fourth-order valence-electron chi connectivity index (χ4n) is 1.28. The number of benzene rings is 1. The number of nitrogens with two attached hydrogens (primary N) is 1. The molecular weight excluding hydrogens is 240 g/mol. The van der Waals surface area contributed by atoms with Crippen LogP contribution in [0, 0.1) is 11.6 Å². The van der Waals surface area contributed by atoms with Crippen LogP contribution >= 0.6 is 11.6 Å². The summed E-state index contributed by atoms with van der Waals surface area (Å²) in [6.45, 7) is 0.0373. The Kier molecular flexibility index (Phi) is 4.20. The van der Waals surface area contributed by atoms with Gasteiger partial charge in [0.15, 0.2) is 23.2 Å². The molecule has 0 spiro atoms. The summed E-state index contributed by atoms with van der Waals surface area (Å²) in [5, 5.41) is -0.460. The summed E-state index contributed by atoms with van der Waals surface area (Å²) in [7, 11) is 1.14. The minimum atomic E-state index is -0.988. The average molecular weight is 250 g/mol. The van der Waals surface area contributed by atoms with Crippen LogP contribution in [0.5, 0.6) is 5.75 Å². The summed E-state index contributed by atoms with van der Waals surface area (Å²) in [6, 6.07) is 0.759. The fourth-order valence-corrected chi connectivity index (χ4v) is 1.47. The Bertz CT molecular complexity index is 424. The SMILES string of the molecule is COc1c(F)cc(Cl)c(F)c1C(=O)CCN. The number of ketones is 1. The van der Waals surface area contributed by atoms with Crippen molar-refractivity contribution in [1.82, 2.24) is 0 Å². The number of hydrogen-bond acceptors (Lipinski definition) is 3. The predicted molar refractivity (Wildman–Crippen MR) is 55.9 cm³/mol. The summed E-state index contributed by atoms with van der Waals surface area (Å²) >= 11 is 5.44. The van der Waals surface area contributed by atoms with Gasteiger partial charge in [-0.25, -0.2) is 8.78 Å². The van der Waals surface area contributed by atoms with Crippen molar-refractivity contribution >= 4 is 17.4 Å². The smallest absolute Gasteiger partial charge is 0.170 e. The first-order chi connectivity index (χ1) is 7.52. The molecule has 0 aliphatic heterocycles. The van der Waals surface area contributed by atoms with Crippen LogP contribution in [0.2, 0.25) is 5.02 Å². The molecule has 0 fully saturated rings. The summed E-state index contributed by atoms with van der Waals surface area (Å²) in [5.41, 5.74) is 4.69. The third-order valence-corrected chi connectivity index (χ3v) is 2.26. The van der Waals surface area contributed by atoms with Crippen molar-refractivity contribution < 1.29 is 18.3 Å². The van der Waals surface area contributed by atoms with Gasteiger partial charge in [-0.1, -0.05) is 11.6 Å². The van der Waals surface area contributed by atoms with Gasteiger partial charge in [-0.2, -0.15) is 0 Å². The molecule has 0 atom stereocenters. The molecule has 0 unspecified atom stereocenters. The monoisotopic (exact) mass is 249 g/mol. The van der Waals surface area contributed by atoms with E-state index < -0.39 is 33.8 Å². The van der Waals surface area contributed by atoms with Gasteiger partial charge >= 0.3 is 0 Å². The van der Waals surface area contributed by atoms with E-state index in [9.17, 15) is 13.6 Å². The van der Waals surface area contributed by atoms with Gasteiger partial charge in [-0.3, -0.25) is 4.79 Å². The molecule has 3 nitrogen and oxygen atoms in total. The van der Waals surface area contributed by atoms with Gasteiger partial charge in [0.05, 0.1) is 17.7 Å². The van der Waals surface area contributed by atoms with Crippen LogP contribution in [0.15, 0.2) is 6.07 Å². The van der Waals surface area contributed by atoms with Crippen LogP contribution < -0.4 is 10.5 Å². The Balaban J connectivity index is 3.38. The molecule has 0 radical (unpaired) electrons. The predicted octanol–water partition coefficient (Wildman–Crippen LogP) is 2.16. The van der Waals surface area contributed by atoms with Crippen LogP contribution in [-0.4, -0.2) is 19.4 Å². The standard InChI is InChI=1S/C10H10ClF2NO2/c1-16-10-6(12)4-5(11)9(13)8(10)7(15)2-3-14/h4H,2-3,14H2,1H3. The molecule has 1 rings (SSSR count). The number of halogens is 3. The Hall–Kier alpha value is -1.20. The summed E-state index contributed by atoms with van der Waals surface area (Å²) < 4.78 is 31.5. The van der Waals surface area contributed by atoms with Crippen LogP contribution in [0.25, 0.3) is 0 Å². The maximum atomic E-state index is 13.6. The molecule has 0 heterocycles. The first-order valence-corrected chi connectivity index (χ1v) is 4.85. The fraction of sp³-hybridized carbons (Fsp3) is 0.300. The van der Waals surface area contributed by atoms with E-state index in [1.165, 1.54) is 0 Å². The molecule has 0 aliphatic rings. The van der Waals surface area contributed by atoms with Crippen LogP contribution in [-0.2, 0) is 0 Å². The van der Waals surface area contributed by atoms with Gasteiger partial charge in [-0.05, 0) is 12.6 Å². The first kappa shape index (κ1) is 12.9. The Morgan fingerprint density at radius 1 is 1.56 bits per heavy atom. The highest BCUT2D eigenvalue weighted by atomic mass is 35.5. The number of carbonyl (C=O) groups is 1. The minimum Gasteiger partial charge on any atom is -0.493 e. The molecule has 6 heteroatoms. The molecule has 0 amide bonds. The summed E-state index contributed by atoms with van der Waals surface area (Å²) in [5.74, 6) is -2.95. The van der Waals surface area contributed by atoms with Gasteiger partial charge in [0.2, 0.25) is 0 Å². The van der Waals surface area contributed by atoms with Crippen molar-refractivity contribution in [3.8, 4) is 5.75 Å². The normalized spacial score (nSPS) is 10.3. The number of rotatable bonds is 4. The van der Waals surface area contributed by atoms with E-state index in [4.69, 9.17) is 17.3 Å². The molecule has 1 aromatic carbocycles. The average Bonchev–Trinajstić information content (AvgIpc) is 2.23. The Labute approximate surface area is 96.1 Å². The van der Waals surface area contributed by atoms with Crippen LogP contribution in [0.4, 0.5) is 8.78 Å². The third kappa shape index (κ3) is 2.31. The summed E-state index contributed by atoms with van der Waals surface area (Å²) in [6.07, 6.45) is -0.104. The second-order valence-corrected chi connectivity index (χ2v) is 3.43. The highest BCUT2D eigenvalue weighted by Gasteiger charge is 2.23. The lowest BCUT2D eigenvalue weighted by Crippen LogP contribution is -2.12. The van der Waals surface area contributed by atoms with E-state index in [-0.39, 0.29) is 13.0 Å². The second-order valence-electron chi connectivity index (χ2n) is 3.02. The minimum absolute atomic E-state index is 0.0373. The highest BCUT2D eigenvalue weighted by molar-refractivity contribution is 6.31. The van der Waals surface area contributed by atoms with Gasteiger partial charge < -0.3 is 10.5 Å². The maximum absolute atomic E-state index is 13.6. The molecule has 16 heavy (non-hydrogen) atoms. The van der Waals surface area contributed by atoms with Crippen molar-refractivity contribution in [1.29, 1.82) is 0 Å². The number of Topliss-reactive ketones (excluding diaryl/α,β-unsaturated/α-hetero) is 1. The molecule has 0 aliphatic carbocycles. The zero-order valence-electron chi connectivity index (χ0n) is 8.52. The van der Waals surface area contributed by atoms with Crippen molar-refractivity contribution in [3.63, 3.8) is 0 Å². The van der Waals surface area contributed by atoms with E-state index in [1.807, 2.05) is 0 Å². The third-order valence-electron chi connectivity index (χ3n) is 1.98. The van der Waals surface area contributed by atoms with Gasteiger partial charge in [0, 0.05) is 6.42 Å². The van der Waals surface area contributed by atoms with Gasteiger partial charge in [0.1, 0.15) is 0 Å². The van der Waals surface area contributed by atoms with E-state index in [1.54, 1.807) is 0 Å². The van der Waals surface area contributed by atoms with Gasteiger partial charge in [-0.15, -0.1) is 0 Å². The van der Waals surface area contributed by atoms with Crippen LogP contribution in [0.3, 0.4) is 0 Å². The lowest BCUT2D eigenvalue weighted by Gasteiger charge is -2.10. The maximum Gasteiger partial charge on any atom is 0.170 e. The Morgan fingerprint density at radius 3 is 2.69 bits per heavy atom. The van der Waals surface area contributed by atoms with Crippen molar-refractivity contribution in [2.24, 2.45) is 5.73 Å². The quantitative estimate of drug-likeness (QED) is 0.657. The molecule has 1 aromatic rings. The van der Waals surface area contributed by atoms with Crippen molar-refractivity contribution in [2.45, 2.75) is 6.42 Å². The first-order valence-electron chi connectivity index (χ1n) is 4.47. The number of methoxy groups -OCH3 is 1. The largest absolute Gasteiger partial charge is 0.493 e. The van der Waals surface area contributed by atoms with Gasteiger partial charge in [0.25, 0.3) is 0 Å². The number of ether oxygens (including phenoxy) is 1. The van der Waals surface area contributed by atoms with Crippen molar-refractivity contribution in [2.75, 3.05) is 13.7 Å².